The summed E-state index contributed by atoms with van der Waals surface area (Å²) in [6.07, 6.45) is 2.34. The fraction of sp³-hybridized carbons (Fsp3) is 0.292. The Morgan fingerprint density at radius 1 is 1.14 bits per heavy atom. The van der Waals surface area contributed by atoms with Gasteiger partial charge in [0.25, 0.3) is 0 Å². The molecule has 0 unspecified atom stereocenters. The summed E-state index contributed by atoms with van der Waals surface area (Å²) in [4.78, 5) is 21.0. The summed E-state index contributed by atoms with van der Waals surface area (Å²) in [5.41, 5.74) is 0.184. The second-order valence-electron chi connectivity index (χ2n) is 8.77. The minimum absolute atomic E-state index is 0.0884. The Balaban J connectivity index is 1.22. The van der Waals surface area contributed by atoms with Crippen LogP contribution in [0, 0.1) is 5.82 Å². The third-order valence-electron chi connectivity index (χ3n) is 6.11. The first-order valence-electron chi connectivity index (χ1n) is 11.0. The van der Waals surface area contributed by atoms with Gasteiger partial charge in [0.1, 0.15) is 17.1 Å². The Hall–Kier alpha value is -4.09. The van der Waals surface area contributed by atoms with Gasteiger partial charge in [0, 0.05) is 43.7 Å². The summed E-state index contributed by atoms with van der Waals surface area (Å²) >= 11 is 0. The van der Waals surface area contributed by atoms with Crippen molar-refractivity contribution in [3.05, 3.63) is 77.6 Å². The number of alkyl halides is 3. The highest BCUT2D eigenvalue weighted by Gasteiger charge is 2.66. The SMILES string of the molecule is Cn1cc(Cc2ncc(-c3ccc(CC(=O)Nc4cc(C5(C(F)(F)F)CC5)on4)c(F)c3)cn2)cn1. The second kappa shape index (κ2) is 8.85. The topological polar surface area (TPSA) is 98.7 Å². The van der Waals surface area contributed by atoms with Crippen molar-refractivity contribution in [2.45, 2.75) is 37.3 Å². The smallest absolute Gasteiger partial charge is 0.358 e. The summed E-state index contributed by atoms with van der Waals surface area (Å²) in [6.45, 7) is 0. The molecule has 1 aromatic carbocycles. The van der Waals surface area contributed by atoms with E-state index in [1.165, 1.54) is 12.1 Å². The number of carbonyl (C=O) groups excluding carboxylic acids is 1. The van der Waals surface area contributed by atoms with E-state index < -0.39 is 23.3 Å². The molecular weight excluding hydrogens is 480 g/mol. The van der Waals surface area contributed by atoms with E-state index in [2.05, 4.69) is 25.5 Å². The Morgan fingerprint density at radius 3 is 2.50 bits per heavy atom. The van der Waals surface area contributed by atoms with Crippen molar-refractivity contribution >= 4 is 11.7 Å². The molecule has 0 aliphatic heterocycles. The van der Waals surface area contributed by atoms with Crippen LogP contribution in [0.15, 0.2) is 53.6 Å². The van der Waals surface area contributed by atoms with Crippen LogP contribution in [0.4, 0.5) is 23.4 Å². The normalized spacial score (nSPS) is 14.6. The van der Waals surface area contributed by atoms with Crippen LogP contribution in [0.5, 0.6) is 0 Å². The molecule has 12 heteroatoms. The molecule has 1 saturated carbocycles. The first-order chi connectivity index (χ1) is 17.1. The van der Waals surface area contributed by atoms with Crippen molar-refractivity contribution in [2.24, 2.45) is 7.05 Å². The number of carbonyl (C=O) groups is 1. The van der Waals surface area contributed by atoms with E-state index in [-0.39, 0.29) is 36.4 Å². The predicted octanol–water partition coefficient (Wildman–Crippen LogP) is 4.37. The lowest BCUT2D eigenvalue weighted by molar-refractivity contribution is -0.165. The maximum atomic E-state index is 14.7. The molecule has 8 nitrogen and oxygen atoms in total. The molecule has 1 N–H and O–H groups in total. The van der Waals surface area contributed by atoms with Gasteiger partial charge in [0.2, 0.25) is 5.91 Å². The Kier molecular flexibility index (Phi) is 5.81. The third kappa shape index (κ3) is 4.70. The van der Waals surface area contributed by atoms with Gasteiger partial charge in [0.15, 0.2) is 11.6 Å². The molecule has 0 bridgehead atoms. The minimum Gasteiger partial charge on any atom is -0.358 e. The molecule has 36 heavy (non-hydrogen) atoms. The van der Waals surface area contributed by atoms with Crippen LogP contribution in [-0.2, 0) is 30.1 Å². The zero-order chi connectivity index (χ0) is 25.5. The highest BCUT2D eigenvalue weighted by atomic mass is 19.4. The first-order valence-corrected chi connectivity index (χ1v) is 11.0. The average molecular weight is 500 g/mol. The molecular formula is C24H20F4N6O2. The lowest BCUT2D eigenvalue weighted by Crippen LogP contribution is -2.28. The van der Waals surface area contributed by atoms with Crippen LogP contribution in [0.25, 0.3) is 11.1 Å². The summed E-state index contributed by atoms with van der Waals surface area (Å²) in [5.74, 6) is -1.14. The van der Waals surface area contributed by atoms with Crippen molar-refractivity contribution in [1.29, 1.82) is 0 Å². The summed E-state index contributed by atoms with van der Waals surface area (Å²) in [7, 11) is 1.82. The largest absolute Gasteiger partial charge is 0.401 e. The van der Waals surface area contributed by atoms with E-state index in [4.69, 9.17) is 4.52 Å². The second-order valence-corrected chi connectivity index (χ2v) is 8.77. The molecule has 3 heterocycles. The molecule has 1 aliphatic rings. The molecule has 1 fully saturated rings. The van der Waals surface area contributed by atoms with E-state index in [1.807, 2.05) is 13.2 Å². The lowest BCUT2D eigenvalue weighted by Gasteiger charge is -2.14. The van der Waals surface area contributed by atoms with E-state index >= 15 is 0 Å². The maximum Gasteiger partial charge on any atom is 0.401 e. The Bertz CT molecular complexity index is 1410. The van der Waals surface area contributed by atoms with Crippen molar-refractivity contribution in [1.82, 2.24) is 24.9 Å². The molecule has 5 rings (SSSR count). The first kappa shape index (κ1) is 23.6. The molecule has 4 aromatic rings. The fourth-order valence-electron chi connectivity index (χ4n) is 3.93. The number of aryl methyl sites for hydroxylation is 1. The van der Waals surface area contributed by atoms with Gasteiger partial charge in [-0.25, -0.2) is 14.4 Å². The standard InChI is InChI=1S/C24H20F4N6O2/c1-34-13-14(10-31-34)6-20-29-11-17(12-30-20)15-2-3-16(18(25)7-15)8-22(35)32-21-9-19(36-33-21)23(4-5-23)24(26,27)28/h2-3,7,9-13H,4-6,8H2,1H3,(H,32,33,35). The number of aromatic nitrogens is 5. The molecule has 1 amide bonds. The molecule has 0 radical (unpaired) electrons. The molecule has 0 spiro atoms. The number of anilines is 1. The van der Waals surface area contributed by atoms with Crippen molar-refractivity contribution < 1.29 is 26.9 Å². The molecule has 0 atom stereocenters. The zero-order valence-electron chi connectivity index (χ0n) is 19.0. The highest BCUT2D eigenvalue weighted by molar-refractivity contribution is 5.91. The van der Waals surface area contributed by atoms with Crippen LogP contribution in [-0.4, -0.2) is 37.0 Å². The van der Waals surface area contributed by atoms with Crippen LogP contribution >= 0.6 is 0 Å². The molecule has 3 aromatic heterocycles. The number of hydrogen-bond acceptors (Lipinski definition) is 6. The molecule has 0 saturated heterocycles. The third-order valence-corrected chi connectivity index (χ3v) is 6.11. The van der Waals surface area contributed by atoms with Gasteiger partial charge < -0.3 is 9.84 Å². The van der Waals surface area contributed by atoms with Crippen molar-refractivity contribution in [3.8, 4) is 11.1 Å². The van der Waals surface area contributed by atoms with E-state index in [0.29, 0.717) is 23.4 Å². The van der Waals surface area contributed by atoms with Gasteiger partial charge in [-0.1, -0.05) is 17.3 Å². The van der Waals surface area contributed by atoms with E-state index in [9.17, 15) is 22.4 Å². The van der Waals surface area contributed by atoms with Crippen LogP contribution in [0.2, 0.25) is 0 Å². The number of halogens is 4. The number of hydrogen-bond donors (Lipinski definition) is 1. The monoisotopic (exact) mass is 500 g/mol. The van der Waals surface area contributed by atoms with Crippen LogP contribution in [0.3, 0.4) is 0 Å². The molecule has 186 valence electrons. The van der Waals surface area contributed by atoms with Gasteiger partial charge in [-0.15, -0.1) is 0 Å². The maximum absolute atomic E-state index is 14.7. The van der Waals surface area contributed by atoms with E-state index in [0.717, 1.165) is 11.6 Å². The number of amides is 1. The highest BCUT2D eigenvalue weighted by Crippen LogP contribution is 2.59. The number of nitrogens with one attached hydrogen (secondary N) is 1. The van der Waals surface area contributed by atoms with Gasteiger partial charge in [-0.05, 0) is 35.6 Å². The number of rotatable bonds is 7. The Morgan fingerprint density at radius 2 is 1.89 bits per heavy atom. The lowest BCUT2D eigenvalue weighted by atomic mass is 10.0. The Labute approximate surface area is 202 Å². The molecule has 1 aliphatic carbocycles. The number of nitrogens with zero attached hydrogens (tertiary/aromatic N) is 5. The summed E-state index contributed by atoms with van der Waals surface area (Å²) < 4.78 is 60.9. The van der Waals surface area contributed by atoms with Crippen molar-refractivity contribution in [3.63, 3.8) is 0 Å². The van der Waals surface area contributed by atoms with Gasteiger partial charge in [0.05, 0.1) is 12.6 Å². The van der Waals surface area contributed by atoms with Gasteiger partial charge >= 0.3 is 6.18 Å². The summed E-state index contributed by atoms with van der Waals surface area (Å²) in [5, 5.41) is 9.97. The minimum atomic E-state index is -4.45. The quantitative estimate of drug-likeness (QED) is 0.379. The fourth-order valence-corrected chi connectivity index (χ4v) is 3.93. The van der Waals surface area contributed by atoms with Crippen LogP contribution < -0.4 is 5.32 Å². The van der Waals surface area contributed by atoms with Crippen LogP contribution in [0.1, 0.15) is 35.6 Å². The zero-order valence-corrected chi connectivity index (χ0v) is 19.0. The van der Waals surface area contributed by atoms with Gasteiger partial charge in [-0.3, -0.25) is 9.48 Å². The van der Waals surface area contributed by atoms with Crippen molar-refractivity contribution in [2.75, 3.05) is 5.32 Å². The average Bonchev–Trinajstić information content (AvgIpc) is 3.37. The van der Waals surface area contributed by atoms with E-state index in [1.54, 1.807) is 29.3 Å². The number of benzene rings is 1. The summed E-state index contributed by atoms with van der Waals surface area (Å²) in [6, 6.07) is 5.44. The van der Waals surface area contributed by atoms with Gasteiger partial charge in [-0.2, -0.15) is 18.3 Å². The predicted molar refractivity (Wildman–Crippen MR) is 119 cm³/mol.